The number of carbonyl (C=O) groups excluding carboxylic acids is 1. The Hall–Kier alpha value is -3.61. The Morgan fingerprint density at radius 1 is 1.07 bits per heavy atom. The Morgan fingerprint density at radius 3 is 2.79 bits per heavy atom. The lowest BCUT2D eigenvalue weighted by molar-refractivity contribution is 0.252. The standard InChI is InChI=1S/C22H23N5O2/c28-18-10-7-15(8-11-18)19-4-1-5-20(26-19)27-22(29)24-14-12-17-9-6-16-3-2-13-23-21(16)25-17/h1,4-11,28H,2-3,12-14H2,(H,23,25)(H2,24,26,27,29). The van der Waals surface area contributed by atoms with Gasteiger partial charge in [-0.2, -0.15) is 0 Å². The number of aryl methyl sites for hydroxylation is 1. The molecule has 29 heavy (non-hydrogen) atoms. The lowest BCUT2D eigenvalue weighted by Crippen LogP contribution is -2.31. The average molecular weight is 389 g/mol. The zero-order valence-corrected chi connectivity index (χ0v) is 16.0. The van der Waals surface area contributed by atoms with Gasteiger partial charge in [0.05, 0.1) is 5.69 Å². The number of hydrogen-bond donors (Lipinski definition) is 4. The predicted octanol–water partition coefficient (Wildman–Crippen LogP) is 3.57. The molecule has 0 saturated heterocycles. The molecule has 1 aliphatic rings. The minimum atomic E-state index is -0.309. The van der Waals surface area contributed by atoms with Crippen molar-refractivity contribution in [3.63, 3.8) is 0 Å². The van der Waals surface area contributed by atoms with E-state index in [4.69, 9.17) is 0 Å². The van der Waals surface area contributed by atoms with Crippen LogP contribution in [0.5, 0.6) is 5.75 Å². The fourth-order valence-electron chi connectivity index (χ4n) is 3.27. The molecule has 2 aromatic heterocycles. The van der Waals surface area contributed by atoms with E-state index in [1.165, 1.54) is 5.56 Å². The first-order chi connectivity index (χ1) is 14.2. The van der Waals surface area contributed by atoms with Crippen LogP contribution in [0.3, 0.4) is 0 Å². The third kappa shape index (κ3) is 4.82. The van der Waals surface area contributed by atoms with Crippen molar-refractivity contribution < 1.29 is 9.90 Å². The zero-order valence-electron chi connectivity index (χ0n) is 16.0. The summed E-state index contributed by atoms with van der Waals surface area (Å²) in [5.74, 6) is 1.63. The average Bonchev–Trinajstić information content (AvgIpc) is 2.74. The highest BCUT2D eigenvalue weighted by atomic mass is 16.3. The number of aromatic hydroxyl groups is 1. The van der Waals surface area contributed by atoms with Gasteiger partial charge in [-0.25, -0.2) is 14.8 Å². The number of amides is 2. The van der Waals surface area contributed by atoms with Gasteiger partial charge in [-0.3, -0.25) is 5.32 Å². The fourth-order valence-corrected chi connectivity index (χ4v) is 3.27. The van der Waals surface area contributed by atoms with Gasteiger partial charge in [-0.05, 0) is 60.9 Å². The number of hydrogen-bond acceptors (Lipinski definition) is 5. The second-order valence-electron chi connectivity index (χ2n) is 6.93. The number of benzene rings is 1. The van der Waals surface area contributed by atoms with Crippen LogP contribution in [0.25, 0.3) is 11.3 Å². The summed E-state index contributed by atoms with van der Waals surface area (Å²) in [4.78, 5) is 21.3. The first-order valence-electron chi connectivity index (χ1n) is 9.71. The molecule has 0 bridgehead atoms. The number of urea groups is 1. The predicted molar refractivity (Wildman–Crippen MR) is 113 cm³/mol. The summed E-state index contributed by atoms with van der Waals surface area (Å²) in [5.41, 5.74) is 3.78. The van der Waals surface area contributed by atoms with Crippen molar-refractivity contribution in [1.82, 2.24) is 15.3 Å². The molecule has 0 radical (unpaired) electrons. The van der Waals surface area contributed by atoms with Gasteiger partial charge in [0.1, 0.15) is 17.4 Å². The van der Waals surface area contributed by atoms with Crippen LogP contribution in [0.15, 0.2) is 54.6 Å². The Balaban J connectivity index is 1.31. The molecular weight excluding hydrogens is 366 g/mol. The van der Waals surface area contributed by atoms with Crippen LogP contribution < -0.4 is 16.0 Å². The molecule has 0 spiro atoms. The molecule has 0 aliphatic carbocycles. The quantitative estimate of drug-likeness (QED) is 0.535. The number of phenols is 1. The fraction of sp³-hybridized carbons (Fsp3) is 0.227. The van der Waals surface area contributed by atoms with E-state index in [0.717, 1.165) is 36.5 Å². The number of anilines is 2. The minimum absolute atomic E-state index is 0.201. The van der Waals surface area contributed by atoms with Gasteiger partial charge in [-0.15, -0.1) is 0 Å². The van der Waals surface area contributed by atoms with Crippen molar-refractivity contribution in [3.8, 4) is 17.0 Å². The number of phenolic OH excluding ortho intramolecular Hbond substituents is 1. The minimum Gasteiger partial charge on any atom is -0.508 e. The maximum atomic E-state index is 12.2. The van der Waals surface area contributed by atoms with Crippen molar-refractivity contribution >= 4 is 17.7 Å². The van der Waals surface area contributed by atoms with E-state index in [1.807, 2.05) is 18.2 Å². The molecule has 3 aromatic rings. The lowest BCUT2D eigenvalue weighted by atomic mass is 10.1. The number of aromatic nitrogens is 2. The SMILES string of the molecule is O=C(NCCc1ccc2c(n1)NCCC2)Nc1cccc(-c2ccc(O)cc2)n1. The van der Waals surface area contributed by atoms with Crippen LogP contribution in [0.4, 0.5) is 16.4 Å². The zero-order chi connectivity index (χ0) is 20.1. The van der Waals surface area contributed by atoms with Crippen LogP contribution in [0.2, 0.25) is 0 Å². The monoisotopic (exact) mass is 389 g/mol. The van der Waals surface area contributed by atoms with Crippen molar-refractivity contribution in [1.29, 1.82) is 0 Å². The summed E-state index contributed by atoms with van der Waals surface area (Å²) in [7, 11) is 0. The molecule has 2 amide bonds. The Kier molecular flexibility index (Phi) is 5.56. The molecule has 0 fully saturated rings. The molecule has 0 unspecified atom stereocenters. The molecule has 3 heterocycles. The molecule has 7 nitrogen and oxygen atoms in total. The van der Waals surface area contributed by atoms with Gasteiger partial charge in [0.15, 0.2) is 0 Å². The maximum Gasteiger partial charge on any atom is 0.320 e. The molecule has 7 heteroatoms. The van der Waals surface area contributed by atoms with Crippen LogP contribution in [0.1, 0.15) is 17.7 Å². The number of nitrogens with one attached hydrogen (secondary N) is 3. The summed E-state index contributed by atoms with van der Waals surface area (Å²) in [5, 5.41) is 18.3. The van der Waals surface area contributed by atoms with Crippen molar-refractivity contribution in [2.45, 2.75) is 19.3 Å². The number of rotatable bonds is 5. The van der Waals surface area contributed by atoms with Crippen molar-refractivity contribution in [2.24, 2.45) is 0 Å². The Bertz CT molecular complexity index is 1000. The number of carbonyl (C=O) groups is 1. The van der Waals surface area contributed by atoms with E-state index in [0.29, 0.717) is 24.5 Å². The van der Waals surface area contributed by atoms with Gasteiger partial charge in [0.25, 0.3) is 0 Å². The van der Waals surface area contributed by atoms with Gasteiger partial charge in [0, 0.05) is 30.8 Å². The molecule has 1 aromatic carbocycles. The topological polar surface area (TPSA) is 99.2 Å². The molecule has 148 valence electrons. The summed E-state index contributed by atoms with van der Waals surface area (Å²) >= 11 is 0. The normalized spacial score (nSPS) is 12.6. The van der Waals surface area contributed by atoms with E-state index in [9.17, 15) is 9.90 Å². The van der Waals surface area contributed by atoms with Crippen molar-refractivity contribution in [3.05, 3.63) is 65.9 Å². The molecule has 1 aliphatic heterocycles. The summed E-state index contributed by atoms with van der Waals surface area (Å²) in [6.45, 7) is 1.44. The lowest BCUT2D eigenvalue weighted by Gasteiger charge is -2.17. The summed E-state index contributed by atoms with van der Waals surface area (Å²) in [6.07, 6.45) is 2.85. The highest BCUT2D eigenvalue weighted by Gasteiger charge is 2.10. The Morgan fingerprint density at radius 2 is 1.93 bits per heavy atom. The van der Waals surface area contributed by atoms with Crippen LogP contribution in [-0.4, -0.2) is 34.2 Å². The second-order valence-corrected chi connectivity index (χ2v) is 6.93. The van der Waals surface area contributed by atoms with Crippen LogP contribution in [0, 0.1) is 0 Å². The van der Waals surface area contributed by atoms with E-state index >= 15 is 0 Å². The van der Waals surface area contributed by atoms with E-state index in [1.54, 1.807) is 30.3 Å². The molecule has 4 rings (SSSR count). The van der Waals surface area contributed by atoms with Gasteiger partial charge >= 0.3 is 6.03 Å². The molecule has 4 N–H and O–H groups in total. The second kappa shape index (κ2) is 8.60. The first kappa shape index (κ1) is 18.7. The van der Waals surface area contributed by atoms with Crippen molar-refractivity contribution in [2.75, 3.05) is 23.7 Å². The maximum absolute atomic E-state index is 12.2. The summed E-state index contributed by atoms with van der Waals surface area (Å²) in [6, 6.07) is 16.0. The largest absolute Gasteiger partial charge is 0.508 e. The number of pyridine rings is 2. The summed E-state index contributed by atoms with van der Waals surface area (Å²) < 4.78 is 0. The van der Waals surface area contributed by atoms with Gasteiger partial charge in [-0.1, -0.05) is 12.1 Å². The number of fused-ring (bicyclic) bond motifs is 1. The third-order valence-electron chi connectivity index (χ3n) is 4.77. The molecular formula is C22H23N5O2. The van der Waals surface area contributed by atoms with Gasteiger partial charge < -0.3 is 15.7 Å². The Labute approximate surface area is 169 Å². The third-order valence-corrected chi connectivity index (χ3v) is 4.77. The molecule has 0 saturated carbocycles. The highest BCUT2D eigenvalue weighted by Crippen LogP contribution is 2.21. The van der Waals surface area contributed by atoms with E-state index in [2.05, 4.69) is 32.0 Å². The van der Waals surface area contributed by atoms with Crippen LogP contribution in [-0.2, 0) is 12.8 Å². The molecule has 0 atom stereocenters. The van der Waals surface area contributed by atoms with E-state index in [-0.39, 0.29) is 11.8 Å². The smallest absolute Gasteiger partial charge is 0.320 e. The van der Waals surface area contributed by atoms with E-state index < -0.39 is 0 Å². The number of nitrogens with zero attached hydrogens (tertiary/aromatic N) is 2. The van der Waals surface area contributed by atoms with Crippen LogP contribution >= 0.6 is 0 Å². The van der Waals surface area contributed by atoms with Gasteiger partial charge in [0.2, 0.25) is 0 Å². The highest BCUT2D eigenvalue weighted by molar-refractivity contribution is 5.88. The first-order valence-corrected chi connectivity index (χ1v) is 9.71.